The van der Waals surface area contributed by atoms with Crippen LogP contribution in [0.3, 0.4) is 0 Å². The van der Waals surface area contributed by atoms with Crippen LogP contribution in [0.4, 0.5) is 4.79 Å². The number of ether oxygens (including phenoxy) is 4. The molecule has 6 nitrogen and oxygen atoms in total. The van der Waals surface area contributed by atoms with Gasteiger partial charge in [0.05, 0.1) is 19.3 Å². The summed E-state index contributed by atoms with van der Waals surface area (Å²) in [4.78, 5) is 10.4. The predicted octanol–water partition coefficient (Wildman–Crippen LogP) is 2.02. The van der Waals surface area contributed by atoms with Gasteiger partial charge in [-0.3, -0.25) is 0 Å². The molecule has 19 heavy (non-hydrogen) atoms. The maximum absolute atomic E-state index is 10.4. The number of hydrogen-bond acceptors (Lipinski definition) is 5. The number of carbonyl (C=O) groups is 1. The van der Waals surface area contributed by atoms with Crippen molar-refractivity contribution in [1.82, 2.24) is 0 Å². The lowest BCUT2D eigenvalue weighted by Crippen LogP contribution is -2.43. The Balaban J connectivity index is 1.69. The van der Waals surface area contributed by atoms with Gasteiger partial charge in [-0.2, -0.15) is 0 Å². The van der Waals surface area contributed by atoms with Crippen LogP contribution >= 0.6 is 0 Å². The Kier molecular flexibility index (Phi) is 5.42. The molecule has 0 unspecified atom stereocenters. The summed E-state index contributed by atoms with van der Waals surface area (Å²) < 4.78 is 21.4. The Morgan fingerprint density at radius 1 is 1.16 bits per heavy atom. The van der Waals surface area contributed by atoms with E-state index >= 15 is 0 Å². The van der Waals surface area contributed by atoms with Crippen molar-refractivity contribution in [3.8, 4) is 0 Å². The normalized spacial score (nSPS) is 35.8. The first-order valence-electron chi connectivity index (χ1n) is 6.93. The average molecular weight is 274 g/mol. The number of carboxylic acid groups (broad SMARTS) is 1. The summed E-state index contributed by atoms with van der Waals surface area (Å²) in [6.07, 6.45) is 2.48. The van der Waals surface area contributed by atoms with E-state index in [1.165, 1.54) is 0 Å². The largest absolute Gasteiger partial charge is 0.506 e. The van der Waals surface area contributed by atoms with E-state index in [9.17, 15) is 4.79 Å². The zero-order valence-electron chi connectivity index (χ0n) is 11.2. The van der Waals surface area contributed by atoms with Gasteiger partial charge in [-0.25, -0.2) is 4.79 Å². The molecule has 2 rings (SSSR count). The Morgan fingerprint density at radius 3 is 2.32 bits per heavy atom. The van der Waals surface area contributed by atoms with E-state index in [0.717, 1.165) is 32.3 Å². The van der Waals surface area contributed by atoms with Crippen LogP contribution in [0.25, 0.3) is 0 Å². The summed E-state index contributed by atoms with van der Waals surface area (Å²) in [6, 6.07) is 0. The second kappa shape index (κ2) is 7.07. The van der Waals surface area contributed by atoms with Crippen molar-refractivity contribution in [3.05, 3.63) is 0 Å². The third-order valence-electron chi connectivity index (χ3n) is 3.67. The molecule has 0 aromatic carbocycles. The molecule has 1 aliphatic heterocycles. The Hall–Kier alpha value is -0.850. The van der Waals surface area contributed by atoms with Gasteiger partial charge < -0.3 is 24.1 Å². The van der Waals surface area contributed by atoms with Crippen LogP contribution in [0.1, 0.15) is 32.6 Å². The van der Waals surface area contributed by atoms with Crippen molar-refractivity contribution < 1.29 is 28.8 Å². The van der Waals surface area contributed by atoms with Crippen LogP contribution < -0.4 is 0 Å². The Bertz CT molecular complexity index is 279. The van der Waals surface area contributed by atoms with E-state index in [2.05, 4.69) is 4.74 Å². The lowest BCUT2D eigenvalue weighted by molar-refractivity contribution is -0.244. The smallest absolute Gasteiger partial charge is 0.450 e. The molecular formula is C13H22O6. The zero-order valence-corrected chi connectivity index (χ0v) is 11.2. The van der Waals surface area contributed by atoms with Gasteiger partial charge in [-0.1, -0.05) is 0 Å². The number of rotatable bonds is 4. The monoisotopic (exact) mass is 274 g/mol. The van der Waals surface area contributed by atoms with Crippen LogP contribution in [-0.4, -0.2) is 49.6 Å². The van der Waals surface area contributed by atoms with Crippen molar-refractivity contribution in [1.29, 1.82) is 0 Å². The highest BCUT2D eigenvalue weighted by Gasteiger charge is 2.33. The highest BCUT2D eigenvalue weighted by Crippen LogP contribution is 2.31. The van der Waals surface area contributed by atoms with E-state index in [-0.39, 0.29) is 19.5 Å². The summed E-state index contributed by atoms with van der Waals surface area (Å²) in [5.74, 6) is 0.377. The fourth-order valence-corrected chi connectivity index (χ4v) is 2.75. The van der Waals surface area contributed by atoms with Crippen molar-refractivity contribution in [2.75, 3.05) is 19.8 Å². The van der Waals surface area contributed by atoms with E-state index < -0.39 is 12.3 Å². The van der Waals surface area contributed by atoms with E-state index in [4.69, 9.17) is 19.3 Å². The van der Waals surface area contributed by atoms with Gasteiger partial charge in [-0.05, 0) is 32.6 Å². The summed E-state index contributed by atoms with van der Waals surface area (Å²) in [5.41, 5.74) is 0. The first kappa shape index (κ1) is 14.6. The summed E-state index contributed by atoms with van der Waals surface area (Å²) in [6.45, 7) is 3.34. The molecule has 2 fully saturated rings. The molecular weight excluding hydrogens is 252 g/mol. The molecule has 0 atom stereocenters. The van der Waals surface area contributed by atoms with Crippen molar-refractivity contribution in [3.63, 3.8) is 0 Å². The molecule has 0 aromatic rings. The van der Waals surface area contributed by atoms with Gasteiger partial charge in [0.15, 0.2) is 12.4 Å². The van der Waals surface area contributed by atoms with Crippen LogP contribution in [0, 0.1) is 5.92 Å². The highest BCUT2D eigenvalue weighted by atomic mass is 16.7. The van der Waals surface area contributed by atoms with E-state index in [1.807, 2.05) is 6.92 Å². The van der Waals surface area contributed by atoms with Crippen molar-refractivity contribution in [2.24, 2.45) is 5.92 Å². The van der Waals surface area contributed by atoms with E-state index in [1.54, 1.807) is 0 Å². The van der Waals surface area contributed by atoms with Gasteiger partial charge >= 0.3 is 6.16 Å². The van der Waals surface area contributed by atoms with Gasteiger partial charge in [0, 0.05) is 12.5 Å². The van der Waals surface area contributed by atoms with Gasteiger partial charge in [0.2, 0.25) is 0 Å². The lowest BCUT2D eigenvalue weighted by Gasteiger charge is -2.36. The summed E-state index contributed by atoms with van der Waals surface area (Å²) >= 11 is 0. The molecule has 1 N–H and O–H groups in total. The predicted molar refractivity (Wildman–Crippen MR) is 66.0 cm³/mol. The molecule has 6 heteroatoms. The first-order chi connectivity index (χ1) is 9.19. The van der Waals surface area contributed by atoms with Gasteiger partial charge in [0.1, 0.15) is 0 Å². The van der Waals surface area contributed by atoms with Gasteiger partial charge in [-0.15, -0.1) is 0 Å². The summed E-state index contributed by atoms with van der Waals surface area (Å²) in [5, 5.41) is 8.51. The Labute approximate surface area is 113 Å². The lowest BCUT2D eigenvalue weighted by atomic mass is 9.86. The fourth-order valence-electron chi connectivity index (χ4n) is 2.75. The van der Waals surface area contributed by atoms with E-state index in [0.29, 0.717) is 12.0 Å². The van der Waals surface area contributed by atoms with Crippen molar-refractivity contribution in [2.45, 2.75) is 51.1 Å². The maximum Gasteiger partial charge on any atom is 0.506 e. The topological polar surface area (TPSA) is 74.2 Å². The highest BCUT2D eigenvalue weighted by molar-refractivity contribution is 5.57. The molecule has 0 bridgehead atoms. The fraction of sp³-hybridized carbons (Fsp3) is 0.923. The Morgan fingerprint density at radius 2 is 1.79 bits per heavy atom. The standard InChI is InChI=1S/C13H22O6/c1-2-16-10-5-3-9(4-6-10)12-17-7-11(8-18-12)19-13(14)15/h9-12H,2-8H2,1H3,(H,14,15). The minimum Gasteiger partial charge on any atom is -0.450 e. The van der Waals surface area contributed by atoms with Crippen LogP contribution in [0.2, 0.25) is 0 Å². The molecule has 1 aliphatic carbocycles. The maximum atomic E-state index is 10.4. The molecule has 1 heterocycles. The second-order valence-electron chi connectivity index (χ2n) is 5.03. The van der Waals surface area contributed by atoms with Crippen molar-refractivity contribution >= 4 is 6.16 Å². The third kappa shape index (κ3) is 4.33. The molecule has 110 valence electrons. The van der Waals surface area contributed by atoms with Crippen LogP contribution in [0.5, 0.6) is 0 Å². The van der Waals surface area contributed by atoms with Gasteiger partial charge in [0.25, 0.3) is 0 Å². The molecule has 0 radical (unpaired) electrons. The molecule has 1 saturated heterocycles. The molecule has 2 aliphatic rings. The first-order valence-corrected chi connectivity index (χ1v) is 6.93. The molecule has 1 saturated carbocycles. The average Bonchev–Trinajstić information content (AvgIpc) is 2.40. The molecule has 0 aromatic heterocycles. The zero-order chi connectivity index (χ0) is 13.7. The quantitative estimate of drug-likeness (QED) is 0.790. The SMILES string of the molecule is CCOC1CCC(C2OCC(OC(=O)O)CO2)CC1. The minimum absolute atomic E-state index is 0.226. The van der Waals surface area contributed by atoms with Crippen LogP contribution in [0.15, 0.2) is 0 Å². The summed E-state index contributed by atoms with van der Waals surface area (Å²) in [7, 11) is 0. The third-order valence-corrected chi connectivity index (χ3v) is 3.67. The molecule has 0 amide bonds. The van der Waals surface area contributed by atoms with Crippen LogP contribution in [-0.2, 0) is 18.9 Å². The second-order valence-corrected chi connectivity index (χ2v) is 5.03. The number of hydrogen-bond donors (Lipinski definition) is 1. The molecule has 0 spiro atoms. The minimum atomic E-state index is -1.28.